The average Bonchev–Trinajstić information content (AvgIpc) is 2.41. The standard InChI is InChI=1S/C13H15N3O2/c1-16-12(17)8-7-11(15-16)13(14)9-3-5-10(18-2)6-4-9/h3-8,13H,14H2,1-2H3. The Morgan fingerprint density at radius 1 is 1.22 bits per heavy atom. The number of hydrogen-bond acceptors (Lipinski definition) is 4. The first-order chi connectivity index (χ1) is 8.61. The fourth-order valence-electron chi connectivity index (χ4n) is 1.67. The Labute approximate surface area is 105 Å². The summed E-state index contributed by atoms with van der Waals surface area (Å²) in [6, 6.07) is 10.2. The molecule has 0 aliphatic carbocycles. The molecule has 0 radical (unpaired) electrons. The third-order valence-electron chi connectivity index (χ3n) is 2.77. The van der Waals surface area contributed by atoms with Crippen LogP contribution in [0.15, 0.2) is 41.2 Å². The second-order valence-electron chi connectivity index (χ2n) is 3.97. The van der Waals surface area contributed by atoms with Gasteiger partial charge in [0.05, 0.1) is 18.8 Å². The molecule has 0 bridgehead atoms. The molecule has 1 aromatic carbocycles. The summed E-state index contributed by atoms with van der Waals surface area (Å²) in [5.74, 6) is 0.777. The average molecular weight is 245 g/mol. The summed E-state index contributed by atoms with van der Waals surface area (Å²) in [5, 5.41) is 4.14. The second kappa shape index (κ2) is 5.01. The summed E-state index contributed by atoms with van der Waals surface area (Å²) in [6.45, 7) is 0. The molecule has 0 aliphatic heterocycles. The van der Waals surface area contributed by atoms with E-state index in [1.165, 1.54) is 10.7 Å². The molecule has 1 atom stereocenters. The summed E-state index contributed by atoms with van der Waals surface area (Å²) in [7, 11) is 3.22. The van der Waals surface area contributed by atoms with Crippen LogP contribution < -0.4 is 16.0 Å². The number of hydrogen-bond donors (Lipinski definition) is 1. The van der Waals surface area contributed by atoms with Gasteiger partial charge in [-0.3, -0.25) is 4.79 Å². The van der Waals surface area contributed by atoms with Gasteiger partial charge in [-0.25, -0.2) is 4.68 Å². The largest absolute Gasteiger partial charge is 0.497 e. The van der Waals surface area contributed by atoms with E-state index in [0.717, 1.165) is 11.3 Å². The highest BCUT2D eigenvalue weighted by Gasteiger charge is 2.11. The first-order valence-electron chi connectivity index (χ1n) is 5.55. The highest BCUT2D eigenvalue weighted by molar-refractivity contribution is 5.32. The van der Waals surface area contributed by atoms with Gasteiger partial charge >= 0.3 is 0 Å². The molecule has 0 fully saturated rings. The van der Waals surface area contributed by atoms with Crippen LogP contribution in [0.4, 0.5) is 0 Å². The Bertz CT molecular complexity index is 590. The van der Waals surface area contributed by atoms with Crippen molar-refractivity contribution in [1.29, 1.82) is 0 Å². The first-order valence-corrected chi connectivity index (χ1v) is 5.55. The molecule has 2 N–H and O–H groups in total. The van der Waals surface area contributed by atoms with Crippen molar-refractivity contribution < 1.29 is 4.74 Å². The number of aromatic nitrogens is 2. The highest BCUT2D eigenvalue weighted by atomic mass is 16.5. The molecule has 0 amide bonds. The summed E-state index contributed by atoms with van der Waals surface area (Å²) in [4.78, 5) is 11.3. The number of nitrogens with zero attached hydrogens (tertiary/aromatic N) is 2. The third-order valence-corrected chi connectivity index (χ3v) is 2.77. The minimum Gasteiger partial charge on any atom is -0.497 e. The van der Waals surface area contributed by atoms with Gasteiger partial charge < -0.3 is 10.5 Å². The summed E-state index contributed by atoms with van der Waals surface area (Å²) in [5.41, 5.74) is 7.53. The molecule has 1 heterocycles. The first kappa shape index (κ1) is 12.3. The van der Waals surface area contributed by atoms with Crippen molar-refractivity contribution in [3.63, 3.8) is 0 Å². The lowest BCUT2D eigenvalue weighted by Gasteiger charge is -2.12. The Hall–Kier alpha value is -2.14. The maximum absolute atomic E-state index is 11.3. The van der Waals surface area contributed by atoms with Gasteiger partial charge in [0.1, 0.15) is 5.75 Å². The molecular formula is C13H15N3O2. The Morgan fingerprint density at radius 2 is 1.89 bits per heavy atom. The molecule has 0 aliphatic rings. The van der Waals surface area contributed by atoms with E-state index >= 15 is 0 Å². The van der Waals surface area contributed by atoms with E-state index in [1.807, 2.05) is 24.3 Å². The van der Waals surface area contributed by atoms with Gasteiger partial charge in [-0.2, -0.15) is 5.10 Å². The molecule has 5 heteroatoms. The van der Waals surface area contributed by atoms with E-state index in [0.29, 0.717) is 5.69 Å². The minimum atomic E-state index is -0.359. The van der Waals surface area contributed by atoms with E-state index in [1.54, 1.807) is 20.2 Å². The maximum atomic E-state index is 11.3. The molecule has 0 spiro atoms. The highest BCUT2D eigenvalue weighted by Crippen LogP contribution is 2.19. The van der Waals surface area contributed by atoms with Crippen LogP contribution in [0.3, 0.4) is 0 Å². The lowest BCUT2D eigenvalue weighted by molar-refractivity contribution is 0.414. The van der Waals surface area contributed by atoms with Crippen LogP contribution in [0.25, 0.3) is 0 Å². The van der Waals surface area contributed by atoms with Crippen LogP contribution in [0.1, 0.15) is 17.3 Å². The van der Waals surface area contributed by atoms with Crippen molar-refractivity contribution in [2.45, 2.75) is 6.04 Å². The Morgan fingerprint density at radius 3 is 2.44 bits per heavy atom. The number of nitrogens with two attached hydrogens (primary N) is 1. The van der Waals surface area contributed by atoms with E-state index in [2.05, 4.69) is 5.10 Å². The molecular weight excluding hydrogens is 230 g/mol. The van der Waals surface area contributed by atoms with Gasteiger partial charge in [0.25, 0.3) is 5.56 Å². The van der Waals surface area contributed by atoms with Crippen LogP contribution in [-0.2, 0) is 7.05 Å². The predicted octanol–water partition coefficient (Wildman–Crippen LogP) is 0.837. The quantitative estimate of drug-likeness (QED) is 0.869. The van der Waals surface area contributed by atoms with Gasteiger partial charge in [0.15, 0.2) is 0 Å². The zero-order chi connectivity index (χ0) is 13.1. The normalized spacial score (nSPS) is 12.2. The summed E-state index contributed by atoms with van der Waals surface area (Å²) < 4.78 is 6.36. The van der Waals surface area contributed by atoms with E-state index in [4.69, 9.17) is 10.5 Å². The van der Waals surface area contributed by atoms with Crippen molar-refractivity contribution in [3.05, 3.63) is 58.0 Å². The van der Waals surface area contributed by atoms with Crippen LogP contribution in [0, 0.1) is 0 Å². The van der Waals surface area contributed by atoms with Gasteiger partial charge in [-0.1, -0.05) is 12.1 Å². The zero-order valence-corrected chi connectivity index (χ0v) is 10.3. The summed E-state index contributed by atoms with van der Waals surface area (Å²) in [6.07, 6.45) is 0. The molecule has 1 unspecified atom stereocenters. The fourth-order valence-corrected chi connectivity index (χ4v) is 1.67. The van der Waals surface area contributed by atoms with Crippen LogP contribution in [0.5, 0.6) is 5.75 Å². The SMILES string of the molecule is COc1ccc(C(N)c2ccc(=O)n(C)n2)cc1. The molecule has 94 valence electrons. The topological polar surface area (TPSA) is 70.1 Å². The number of ether oxygens (including phenoxy) is 1. The van der Waals surface area contributed by atoms with Crippen LogP contribution in [-0.4, -0.2) is 16.9 Å². The Balaban J connectivity index is 2.31. The molecule has 0 saturated carbocycles. The maximum Gasteiger partial charge on any atom is 0.266 e. The van der Waals surface area contributed by atoms with Crippen molar-refractivity contribution in [2.75, 3.05) is 7.11 Å². The van der Waals surface area contributed by atoms with Crippen molar-refractivity contribution in [3.8, 4) is 5.75 Å². The van der Waals surface area contributed by atoms with Gasteiger partial charge in [0.2, 0.25) is 0 Å². The van der Waals surface area contributed by atoms with Gasteiger partial charge in [-0.15, -0.1) is 0 Å². The van der Waals surface area contributed by atoms with Crippen molar-refractivity contribution in [1.82, 2.24) is 9.78 Å². The molecule has 5 nitrogen and oxygen atoms in total. The van der Waals surface area contributed by atoms with Crippen LogP contribution in [0.2, 0.25) is 0 Å². The number of methoxy groups -OCH3 is 1. The van der Waals surface area contributed by atoms with Gasteiger partial charge in [-0.05, 0) is 23.8 Å². The third kappa shape index (κ3) is 2.41. The van der Waals surface area contributed by atoms with E-state index < -0.39 is 0 Å². The van der Waals surface area contributed by atoms with Crippen molar-refractivity contribution >= 4 is 0 Å². The molecule has 18 heavy (non-hydrogen) atoms. The predicted molar refractivity (Wildman–Crippen MR) is 68.5 cm³/mol. The smallest absolute Gasteiger partial charge is 0.266 e. The van der Waals surface area contributed by atoms with Crippen LogP contribution >= 0.6 is 0 Å². The lowest BCUT2D eigenvalue weighted by Crippen LogP contribution is -2.23. The Kier molecular flexibility index (Phi) is 3.43. The monoisotopic (exact) mass is 245 g/mol. The number of aryl methyl sites for hydroxylation is 1. The lowest BCUT2D eigenvalue weighted by atomic mass is 10.0. The zero-order valence-electron chi connectivity index (χ0n) is 10.3. The number of benzene rings is 1. The molecule has 0 saturated heterocycles. The van der Waals surface area contributed by atoms with Crippen molar-refractivity contribution in [2.24, 2.45) is 12.8 Å². The minimum absolute atomic E-state index is 0.152. The number of rotatable bonds is 3. The molecule has 2 rings (SSSR count). The van der Waals surface area contributed by atoms with E-state index in [9.17, 15) is 4.79 Å². The molecule has 1 aromatic heterocycles. The van der Waals surface area contributed by atoms with E-state index in [-0.39, 0.29) is 11.6 Å². The fraction of sp³-hybridized carbons (Fsp3) is 0.231. The summed E-state index contributed by atoms with van der Waals surface area (Å²) >= 11 is 0. The second-order valence-corrected chi connectivity index (χ2v) is 3.97. The molecule has 2 aromatic rings. The van der Waals surface area contributed by atoms with Gasteiger partial charge in [0, 0.05) is 13.1 Å².